The molecule has 0 spiro atoms. The molecular formula is C14H24N2O. The number of pyridine rings is 1. The quantitative estimate of drug-likeness (QED) is 0.854. The molecule has 0 unspecified atom stereocenters. The van der Waals surface area contributed by atoms with Gasteiger partial charge in [-0.2, -0.15) is 0 Å². The summed E-state index contributed by atoms with van der Waals surface area (Å²) in [5.41, 5.74) is 3.01. The Morgan fingerprint density at radius 1 is 1.29 bits per heavy atom. The van der Waals surface area contributed by atoms with Crippen LogP contribution < -0.4 is 4.90 Å². The van der Waals surface area contributed by atoms with E-state index in [9.17, 15) is 5.11 Å². The molecule has 0 bridgehead atoms. The van der Waals surface area contributed by atoms with Crippen molar-refractivity contribution < 1.29 is 5.11 Å². The van der Waals surface area contributed by atoms with E-state index in [4.69, 9.17) is 0 Å². The van der Waals surface area contributed by atoms with Crippen molar-refractivity contribution >= 4 is 5.69 Å². The van der Waals surface area contributed by atoms with Gasteiger partial charge in [0.05, 0.1) is 6.61 Å². The van der Waals surface area contributed by atoms with E-state index >= 15 is 0 Å². The summed E-state index contributed by atoms with van der Waals surface area (Å²) in [6, 6.07) is 2.48. The van der Waals surface area contributed by atoms with E-state index < -0.39 is 0 Å². The highest BCUT2D eigenvalue weighted by Gasteiger charge is 2.16. The van der Waals surface area contributed by atoms with Gasteiger partial charge < -0.3 is 10.0 Å². The molecule has 1 aromatic rings. The van der Waals surface area contributed by atoms with Gasteiger partial charge in [-0.25, -0.2) is 0 Å². The van der Waals surface area contributed by atoms with E-state index in [2.05, 4.69) is 43.6 Å². The van der Waals surface area contributed by atoms with Crippen molar-refractivity contribution in [1.29, 1.82) is 0 Å². The van der Waals surface area contributed by atoms with Gasteiger partial charge >= 0.3 is 0 Å². The highest BCUT2D eigenvalue weighted by atomic mass is 16.3. The zero-order valence-corrected chi connectivity index (χ0v) is 11.6. The largest absolute Gasteiger partial charge is 0.392 e. The summed E-state index contributed by atoms with van der Waals surface area (Å²) in [6.45, 7) is 11.8. The lowest BCUT2D eigenvalue weighted by Crippen LogP contribution is -2.35. The molecule has 0 saturated carbocycles. The van der Waals surface area contributed by atoms with Crippen LogP contribution in [-0.2, 0) is 6.61 Å². The first kappa shape index (κ1) is 14.0. The third kappa shape index (κ3) is 3.70. The lowest BCUT2D eigenvalue weighted by molar-refractivity contribution is 0.281. The maximum atomic E-state index is 9.41. The SMILES string of the molecule is Cc1cc(N(CC(C)C)C(C)C)c(CO)cn1. The minimum absolute atomic E-state index is 0.0456. The Hall–Kier alpha value is -1.09. The number of aryl methyl sites for hydroxylation is 1. The van der Waals surface area contributed by atoms with Crippen molar-refractivity contribution in [3.63, 3.8) is 0 Å². The van der Waals surface area contributed by atoms with Gasteiger partial charge in [-0.1, -0.05) is 13.8 Å². The molecule has 1 aromatic heterocycles. The Morgan fingerprint density at radius 2 is 1.94 bits per heavy atom. The van der Waals surface area contributed by atoms with Crippen LogP contribution in [0.25, 0.3) is 0 Å². The highest BCUT2D eigenvalue weighted by molar-refractivity contribution is 5.54. The second-order valence-corrected chi connectivity index (χ2v) is 5.25. The van der Waals surface area contributed by atoms with Crippen LogP contribution in [0.1, 0.15) is 39.0 Å². The van der Waals surface area contributed by atoms with Crippen LogP contribution in [0.5, 0.6) is 0 Å². The van der Waals surface area contributed by atoms with Crippen molar-refractivity contribution in [3.05, 3.63) is 23.5 Å². The molecule has 0 radical (unpaired) electrons. The van der Waals surface area contributed by atoms with Crippen molar-refractivity contribution in [1.82, 2.24) is 4.98 Å². The zero-order chi connectivity index (χ0) is 13.0. The fraction of sp³-hybridized carbons (Fsp3) is 0.643. The number of anilines is 1. The molecule has 1 heterocycles. The van der Waals surface area contributed by atoms with Crippen molar-refractivity contribution in [2.24, 2.45) is 5.92 Å². The fourth-order valence-electron chi connectivity index (χ4n) is 1.94. The van der Waals surface area contributed by atoms with Gasteiger partial charge in [-0.05, 0) is 32.8 Å². The molecule has 1 N–H and O–H groups in total. The summed E-state index contributed by atoms with van der Waals surface area (Å²) in [6.07, 6.45) is 1.78. The molecule has 0 saturated heterocycles. The summed E-state index contributed by atoms with van der Waals surface area (Å²) in [7, 11) is 0. The van der Waals surface area contributed by atoms with Crippen LogP contribution in [-0.4, -0.2) is 22.7 Å². The third-order valence-electron chi connectivity index (χ3n) is 2.76. The number of rotatable bonds is 5. The zero-order valence-electron chi connectivity index (χ0n) is 11.6. The smallest absolute Gasteiger partial charge is 0.0717 e. The predicted octanol–water partition coefficient (Wildman–Crippen LogP) is 2.75. The Kier molecular flexibility index (Phi) is 4.94. The van der Waals surface area contributed by atoms with Gasteiger partial charge in [0.2, 0.25) is 0 Å². The first-order chi connectivity index (χ1) is 7.95. The van der Waals surface area contributed by atoms with Gasteiger partial charge in [0.1, 0.15) is 0 Å². The minimum Gasteiger partial charge on any atom is -0.392 e. The number of hydrogen-bond donors (Lipinski definition) is 1. The summed E-state index contributed by atoms with van der Waals surface area (Å²) < 4.78 is 0. The van der Waals surface area contributed by atoms with Crippen molar-refractivity contribution in [3.8, 4) is 0 Å². The number of aromatic nitrogens is 1. The molecule has 96 valence electrons. The normalized spacial score (nSPS) is 11.3. The number of aliphatic hydroxyl groups excluding tert-OH is 1. The fourth-order valence-corrected chi connectivity index (χ4v) is 1.94. The van der Waals surface area contributed by atoms with Gasteiger partial charge in [-0.15, -0.1) is 0 Å². The Bertz CT molecular complexity index is 361. The molecule has 0 aliphatic carbocycles. The molecule has 3 heteroatoms. The van der Waals surface area contributed by atoms with E-state index in [0.717, 1.165) is 23.5 Å². The van der Waals surface area contributed by atoms with Crippen LogP contribution >= 0.6 is 0 Å². The molecular weight excluding hydrogens is 212 g/mol. The first-order valence-corrected chi connectivity index (χ1v) is 6.28. The van der Waals surface area contributed by atoms with E-state index in [1.54, 1.807) is 6.20 Å². The molecule has 0 aliphatic heterocycles. The Morgan fingerprint density at radius 3 is 2.41 bits per heavy atom. The van der Waals surface area contributed by atoms with E-state index in [1.165, 1.54) is 0 Å². The Balaban J connectivity index is 3.11. The molecule has 3 nitrogen and oxygen atoms in total. The molecule has 0 amide bonds. The molecule has 0 atom stereocenters. The molecule has 0 aliphatic rings. The maximum absolute atomic E-state index is 9.41. The monoisotopic (exact) mass is 236 g/mol. The highest BCUT2D eigenvalue weighted by Crippen LogP contribution is 2.24. The summed E-state index contributed by atoms with van der Waals surface area (Å²) >= 11 is 0. The average Bonchev–Trinajstić information content (AvgIpc) is 2.25. The predicted molar refractivity (Wildman–Crippen MR) is 72.2 cm³/mol. The van der Waals surface area contributed by atoms with Crippen molar-refractivity contribution in [2.45, 2.75) is 47.3 Å². The third-order valence-corrected chi connectivity index (χ3v) is 2.76. The number of nitrogens with zero attached hydrogens (tertiary/aromatic N) is 2. The van der Waals surface area contributed by atoms with E-state index in [0.29, 0.717) is 12.0 Å². The van der Waals surface area contributed by atoms with Crippen molar-refractivity contribution in [2.75, 3.05) is 11.4 Å². The topological polar surface area (TPSA) is 36.4 Å². The summed E-state index contributed by atoms with van der Waals surface area (Å²) in [5.74, 6) is 0.595. The molecule has 0 fully saturated rings. The Labute approximate surface area is 104 Å². The number of aliphatic hydroxyl groups is 1. The average molecular weight is 236 g/mol. The molecule has 0 aromatic carbocycles. The van der Waals surface area contributed by atoms with Crippen LogP contribution in [0.2, 0.25) is 0 Å². The first-order valence-electron chi connectivity index (χ1n) is 6.28. The lowest BCUT2D eigenvalue weighted by Gasteiger charge is -2.32. The van der Waals surface area contributed by atoms with Gasteiger partial charge in [-0.3, -0.25) is 4.98 Å². The van der Waals surface area contributed by atoms with Crippen LogP contribution in [0.3, 0.4) is 0 Å². The standard InChI is InChI=1S/C14H24N2O/c1-10(2)8-16(11(3)4)14-6-12(5)15-7-13(14)9-17/h6-7,10-11,17H,8-9H2,1-5H3. The summed E-state index contributed by atoms with van der Waals surface area (Å²) in [4.78, 5) is 6.58. The van der Waals surface area contributed by atoms with E-state index in [-0.39, 0.29) is 6.61 Å². The van der Waals surface area contributed by atoms with Gasteiger partial charge in [0.15, 0.2) is 0 Å². The van der Waals surface area contributed by atoms with Gasteiger partial charge in [0.25, 0.3) is 0 Å². The minimum atomic E-state index is 0.0456. The van der Waals surface area contributed by atoms with Gasteiger partial charge in [0, 0.05) is 35.7 Å². The lowest BCUT2D eigenvalue weighted by atomic mass is 10.1. The van der Waals surface area contributed by atoms with Crippen LogP contribution in [0.15, 0.2) is 12.3 Å². The molecule has 1 rings (SSSR count). The number of hydrogen-bond acceptors (Lipinski definition) is 3. The van der Waals surface area contributed by atoms with Crippen LogP contribution in [0, 0.1) is 12.8 Å². The maximum Gasteiger partial charge on any atom is 0.0717 e. The summed E-state index contributed by atoms with van der Waals surface area (Å²) in [5, 5.41) is 9.41. The second-order valence-electron chi connectivity index (χ2n) is 5.25. The van der Waals surface area contributed by atoms with Crippen LogP contribution in [0.4, 0.5) is 5.69 Å². The molecule has 17 heavy (non-hydrogen) atoms. The van der Waals surface area contributed by atoms with E-state index in [1.807, 2.05) is 6.92 Å². The second kappa shape index (κ2) is 6.01.